The largest absolute Gasteiger partial charge is 0.158 e. The molecule has 0 saturated carbocycles. The standard InChI is InChI=1S/C14H9N2/c1-2-6-11(7-3-1)14-13-9-5-4-8-12(13)10-15-16-14/h1-6,8-10H. The van der Waals surface area contributed by atoms with E-state index in [2.05, 4.69) is 22.3 Å². The summed E-state index contributed by atoms with van der Waals surface area (Å²) in [7, 11) is 0. The lowest BCUT2D eigenvalue weighted by molar-refractivity contribution is 1.06. The van der Waals surface area contributed by atoms with Crippen molar-refractivity contribution in [1.82, 2.24) is 10.2 Å². The Bertz CT molecular complexity index is 612. The highest BCUT2D eigenvalue weighted by atomic mass is 15.1. The van der Waals surface area contributed by atoms with E-state index in [9.17, 15) is 0 Å². The van der Waals surface area contributed by atoms with E-state index < -0.39 is 0 Å². The van der Waals surface area contributed by atoms with E-state index in [0.717, 1.165) is 22.0 Å². The summed E-state index contributed by atoms with van der Waals surface area (Å²) < 4.78 is 0. The van der Waals surface area contributed by atoms with Crippen LogP contribution >= 0.6 is 0 Å². The number of aromatic nitrogens is 2. The van der Waals surface area contributed by atoms with E-state index in [-0.39, 0.29) is 0 Å². The summed E-state index contributed by atoms with van der Waals surface area (Å²) in [6.45, 7) is 0. The molecule has 16 heavy (non-hydrogen) atoms. The van der Waals surface area contributed by atoms with E-state index >= 15 is 0 Å². The van der Waals surface area contributed by atoms with Gasteiger partial charge in [0.15, 0.2) is 0 Å². The number of nitrogens with zero attached hydrogens (tertiary/aromatic N) is 2. The van der Waals surface area contributed by atoms with Gasteiger partial charge >= 0.3 is 0 Å². The fourth-order valence-electron chi connectivity index (χ4n) is 1.77. The number of benzene rings is 2. The Morgan fingerprint density at radius 1 is 0.938 bits per heavy atom. The summed E-state index contributed by atoms with van der Waals surface area (Å²) in [5.74, 6) is 0. The van der Waals surface area contributed by atoms with Crippen molar-refractivity contribution < 1.29 is 0 Å². The van der Waals surface area contributed by atoms with Crippen molar-refractivity contribution in [3.8, 4) is 11.3 Å². The Morgan fingerprint density at radius 3 is 2.69 bits per heavy atom. The van der Waals surface area contributed by atoms with Gasteiger partial charge in [-0.1, -0.05) is 48.5 Å². The molecule has 0 unspecified atom stereocenters. The van der Waals surface area contributed by atoms with Gasteiger partial charge in [-0.05, 0) is 6.07 Å². The molecule has 0 atom stereocenters. The molecule has 2 nitrogen and oxygen atoms in total. The first-order chi connectivity index (χ1) is 7.95. The topological polar surface area (TPSA) is 25.8 Å². The van der Waals surface area contributed by atoms with Gasteiger partial charge in [-0.15, -0.1) is 5.10 Å². The Morgan fingerprint density at radius 2 is 1.81 bits per heavy atom. The van der Waals surface area contributed by atoms with E-state index in [0.29, 0.717) is 0 Å². The molecule has 3 aromatic rings. The van der Waals surface area contributed by atoms with E-state index in [1.165, 1.54) is 0 Å². The van der Waals surface area contributed by atoms with Crippen LogP contribution in [0.15, 0.2) is 54.7 Å². The SMILES string of the molecule is [c]1ccccc1-c1nncc2ccccc12. The third-order valence-electron chi connectivity index (χ3n) is 2.53. The summed E-state index contributed by atoms with van der Waals surface area (Å²) in [6, 6.07) is 19.1. The second kappa shape index (κ2) is 3.74. The maximum absolute atomic E-state index is 4.20. The maximum Gasteiger partial charge on any atom is 0.101 e. The normalized spacial score (nSPS) is 10.5. The van der Waals surface area contributed by atoms with Crippen LogP contribution in [0.2, 0.25) is 0 Å². The highest BCUT2D eigenvalue weighted by Gasteiger charge is 2.04. The van der Waals surface area contributed by atoms with Gasteiger partial charge in [-0.3, -0.25) is 0 Å². The summed E-state index contributed by atoms with van der Waals surface area (Å²) in [4.78, 5) is 0. The second-order valence-electron chi connectivity index (χ2n) is 3.56. The lowest BCUT2D eigenvalue weighted by atomic mass is 10.1. The molecule has 3 rings (SSSR count). The van der Waals surface area contributed by atoms with Gasteiger partial charge in [0.1, 0.15) is 5.69 Å². The molecule has 1 heterocycles. The highest BCUT2D eigenvalue weighted by molar-refractivity contribution is 5.93. The van der Waals surface area contributed by atoms with Crippen LogP contribution in [0.4, 0.5) is 0 Å². The monoisotopic (exact) mass is 205 g/mol. The molecule has 0 aliphatic carbocycles. The molecule has 0 N–H and O–H groups in total. The van der Waals surface area contributed by atoms with Gasteiger partial charge in [0.2, 0.25) is 0 Å². The lowest BCUT2D eigenvalue weighted by Gasteiger charge is -2.03. The zero-order chi connectivity index (χ0) is 10.8. The minimum absolute atomic E-state index is 0.888. The van der Waals surface area contributed by atoms with Crippen molar-refractivity contribution in [3.63, 3.8) is 0 Å². The molecular formula is C14H9N2. The van der Waals surface area contributed by atoms with Crippen molar-refractivity contribution in [3.05, 3.63) is 60.8 Å². The molecule has 0 bridgehead atoms. The minimum atomic E-state index is 0.888. The first kappa shape index (κ1) is 9.04. The molecule has 1 aromatic heterocycles. The van der Waals surface area contributed by atoms with Crippen molar-refractivity contribution in [2.24, 2.45) is 0 Å². The summed E-state index contributed by atoms with van der Waals surface area (Å²) in [5, 5.41) is 10.4. The van der Waals surface area contributed by atoms with E-state index in [1.54, 1.807) is 6.20 Å². The van der Waals surface area contributed by atoms with Crippen LogP contribution < -0.4 is 0 Å². The third kappa shape index (κ3) is 1.44. The lowest BCUT2D eigenvalue weighted by Crippen LogP contribution is -1.88. The van der Waals surface area contributed by atoms with Crippen molar-refractivity contribution in [2.45, 2.75) is 0 Å². The van der Waals surface area contributed by atoms with Gasteiger partial charge in [-0.2, -0.15) is 5.10 Å². The molecule has 0 aliphatic rings. The molecular weight excluding hydrogens is 196 g/mol. The Balaban J connectivity index is 2.32. The van der Waals surface area contributed by atoms with Crippen LogP contribution in [0.5, 0.6) is 0 Å². The van der Waals surface area contributed by atoms with Crippen LogP contribution in [0.25, 0.3) is 22.0 Å². The molecule has 2 heteroatoms. The van der Waals surface area contributed by atoms with Gasteiger partial charge in [0, 0.05) is 16.3 Å². The first-order valence-electron chi connectivity index (χ1n) is 5.13. The third-order valence-corrected chi connectivity index (χ3v) is 2.53. The highest BCUT2D eigenvalue weighted by Crippen LogP contribution is 2.24. The number of hydrogen-bond donors (Lipinski definition) is 0. The summed E-state index contributed by atoms with van der Waals surface area (Å²) in [5.41, 5.74) is 1.87. The molecule has 0 spiro atoms. The van der Waals surface area contributed by atoms with Crippen LogP contribution in [0.1, 0.15) is 0 Å². The molecule has 1 radical (unpaired) electrons. The van der Waals surface area contributed by atoms with Crippen molar-refractivity contribution >= 4 is 10.8 Å². The number of hydrogen-bond acceptors (Lipinski definition) is 2. The second-order valence-corrected chi connectivity index (χ2v) is 3.56. The summed E-state index contributed by atoms with van der Waals surface area (Å²) in [6.07, 6.45) is 1.78. The maximum atomic E-state index is 4.20. The van der Waals surface area contributed by atoms with Crippen molar-refractivity contribution in [2.75, 3.05) is 0 Å². The van der Waals surface area contributed by atoms with Crippen LogP contribution in [0, 0.1) is 6.07 Å². The van der Waals surface area contributed by atoms with Crippen LogP contribution in [-0.2, 0) is 0 Å². The van der Waals surface area contributed by atoms with E-state index in [4.69, 9.17) is 0 Å². The van der Waals surface area contributed by atoms with Crippen LogP contribution in [-0.4, -0.2) is 10.2 Å². The quantitative estimate of drug-likeness (QED) is 0.610. The molecule has 0 fully saturated rings. The predicted molar refractivity (Wildman–Crippen MR) is 63.8 cm³/mol. The molecule has 2 aromatic carbocycles. The van der Waals surface area contributed by atoms with Gasteiger partial charge in [0.25, 0.3) is 0 Å². The van der Waals surface area contributed by atoms with Gasteiger partial charge in [0.05, 0.1) is 6.20 Å². The van der Waals surface area contributed by atoms with Gasteiger partial charge in [-0.25, -0.2) is 0 Å². The Kier molecular flexibility index (Phi) is 2.11. The van der Waals surface area contributed by atoms with Crippen LogP contribution in [0.3, 0.4) is 0 Å². The fourth-order valence-corrected chi connectivity index (χ4v) is 1.77. The molecule has 0 saturated heterocycles. The zero-order valence-electron chi connectivity index (χ0n) is 8.59. The number of rotatable bonds is 1. The average Bonchev–Trinajstić information content (AvgIpc) is 2.39. The fraction of sp³-hybridized carbons (Fsp3) is 0. The molecule has 0 amide bonds. The predicted octanol–water partition coefficient (Wildman–Crippen LogP) is 3.10. The minimum Gasteiger partial charge on any atom is -0.158 e. The van der Waals surface area contributed by atoms with Crippen molar-refractivity contribution in [1.29, 1.82) is 0 Å². The number of fused-ring (bicyclic) bond motifs is 1. The molecule has 0 aliphatic heterocycles. The smallest absolute Gasteiger partial charge is 0.101 e. The first-order valence-corrected chi connectivity index (χ1v) is 5.13. The molecule has 75 valence electrons. The zero-order valence-corrected chi connectivity index (χ0v) is 8.59. The van der Waals surface area contributed by atoms with E-state index in [1.807, 2.05) is 42.5 Å². The summed E-state index contributed by atoms with van der Waals surface area (Å²) >= 11 is 0. The Hall–Kier alpha value is -2.22. The average molecular weight is 205 g/mol. The van der Waals surface area contributed by atoms with Gasteiger partial charge < -0.3 is 0 Å². The Labute approximate surface area is 93.6 Å².